The topological polar surface area (TPSA) is 78.3 Å². The van der Waals surface area contributed by atoms with Crippen LogP contribution < -0.4 is 11.5 Å². The van der Waals surface area contributed by atoms with Crippen LogP contribution in [0.15, 0.2) is 12.1 Å². The van der Waals surface area contributed by atoms with Gasteiger partial charge in [0, 0.05) is 0 Å². The van der Waals surface area contributed by atoms with Crippen molar-refractivity contribution in [3.63, 3.8) is 0 Å². The lowest BCUT2D eigenvalue weighted by atomic mass is 9.80. The highest BCUT2D eigenvalue weighted by Gasteiger charge is 2.28. The maximum Gasteiger partial charge on any atom is 0.340 e. The molecule has 0 radical (unpaired) electrons. The van der Waals surface area contributed by atoms with Gasteiger partial charge in [-0.1, -0.05) is 13.8 Å². The highest BCUT2D eigenvalue weighted by Crippen LogP contribution is 2.32. The van der Waals surface area contributed by atoms with Gasteiger partial charge < -0.3 is 16.2 Å². The molecule has 110 valence electrons. The minimum Gasteiger partial charge on any atom is -0.459 e. The zero-order chi connectivity index (χ0) is 14.9. The number of nitrogen functional groups attached to an aromatic ring is 2. The molecular formula is C16H24N2O2. The van der Waals surface area contributed by atoms with E-state index in [0.717, 1.165) is 24.8 Å². The summed E-state index contributed by atoms with van der Waals surface area (Å²) in [6.45, 7) is 6.35. The van der Waals surface area contributed by atoms with E-state index in [9.17, 15) is 4.79 Å². The molecule has 0 bridgehead atoms. The fraction of sp³-hybridized carbons (Fsp3) is 0.562. The molecular weight excluding hydrogens is 252 g/mol. The van der Waals surface area contributed by atoms with Crippen LogP contribution in [-0.2, 0) is 4.74 Å². The van der Waals surface area contributed by atoms with Crippen LogP contribution in [0.4, 0.5) is 11.4 Å². The number of carbonyl (C=O) groups excluding carboxylic acids is 1. The molecule has 0 heterocycles. The van der Waals surface area contributed by atoms with E-state index in [1.54, 1.807) is 12.1 Å². The van der Waals surface area contributed by atoms with Gasteiger partial charge in [0.1, 0.15) is 6.10 Å². The van der Waals surface area contributed by atoms with E-state index >= 15 is 0 Å². The predicted octanol–water partition coefficient (Wildman–Crippen LogP) is 3.14. The summed E-state index contributed by atoms with van der Waals surface area (Å²) in [7, 11) is 0. The lowest BCUT2D eigenvalue weighted by Crippen LogP contribution is -2.29. The monoisotopic (exact) mass is 276 g/mol. The second-order valence-corrected chi connectivity index (χ2v) is 6.11. The van der Waals surface area contributed by atoms with Crippen LogP contribution in [0, 0.1) is 18.8 Å². The van der Waals surface area contributed by atoms with E-state index in [4.69, 9.17) is 16.2 Å². The van der Waals surface area contributed by atoms with Crippen molar-refractivity contribution in [2.45, 2.75) is 46.1 Å². The summed E-state index contributed by atoms with van der Waals surface area (Å²) in [5.41, 5.74) is 13.7. The van der Waals surface area contributed by atoms with Gasteiger partial charge in [0.05, 0.1) is 16.9 Å². The highest BCUT2D eigenvalue weighted by molar-refractivity contribution is 5.98. The van der Waals surface area contributed by atoms with E-state index < -0.39 is 0 Å². The standard InChI is InChI=1S/C16H24N2O2/c1-9-6-13(15(18)14(17)7-9)16(19)20-12-5-4-10(2)11(3)8-12/h6-7,10-12H,4-5,8,17-18H2,1-3H3. The molecule has 0 amide bonds. The zero-order valence-electron chi connectivity index (χ0n) is 12.5. The molecule has 2 rings (SSSR count). The molecule has 4 N–H and O–H groups in total. The van der Waals surface area contributed by atoms with Crippen molar-refractivity contribution in [1.82, 2.24) is 0 Å². The van der Waals surface area contributed by atoms with Crippen molar-refractivity contribution < 1.29 is 9.53 Å². The maximum atomic E-state index is 12.3. The SMILES string of the molecule is Cc1cc(N)c(N)c(C(=O)OC2CCC(C)C(C)C2)c1. The first kappa shape index (κ1) is 14.7. The molecule has 0 saturated heterocycles. The van der Waals surface area contributed by atoms with Gasteiger partial charge in [-0.2, -0.15) is 0 Å². The summed E-state index contributed by atoms with van der Waals surface area (Å²) in [6.07, 6.45) is 2.95. The number of benzene rings is 1. The van der Waals surface area contributed by atoms with Crippen LogP contribution in [0.1, 0.15) is 49.0 Å². The molecule has 1 aromatic carbocycles. The van der Waals surface area contributed by atoms with E-state index in [2.05, 4.69) is 13.8 Å². The number of ether oxygens (including phenoxy) is 1. The molecule has 1 aliphatic rings. The molecule has 3 unspecified atom stereocenters. The third-order valence-electron chi connectivity index (χ3n) is 4.40. The van der Waals surface area contributed by atoms with Crippen molar-refractivity contribution in [2.24, 2.45) is 11.8 Å². The molecule has 4 nitrogen and oxygen atoms in total. The van der Waals surface area contributed by atoms with E-state index in [-0.39, 0.29) is 12.1 Å². The van der Waals surface area contributed by atoms with Crippen molar-refractivity contribution >= 4 is 17.3 Å². The Morgan fingerprint density at radius 2 is 1.90 bits per heavy atom. The third-order valence-corrected chi connectivity index (χ3v) is 4.40. The normalized spacial score (nSPS) is 26.2. The number of esters is 1. The molecule has 1 aliphatic carbocycles. The summed E-state index contributed by atoms with van der Waals surface area (Å²) >= 11 is 0. The van der Waals surface area contributed by atoms with Gasteiger partial charge in [-0.3, -0.25) is 0 Å². The van der Waals surface area contributed by atoms with Crippen molar-refractivity contribution in [2.75, 3.05) is 11.5 Å². The molecule has 3 atom stereocenters. The molecule has 1 aromatic rings. The average Bonchev–Trinajstić information content (AvgIpc) is 2.38. The number of nitrogens with two attached hydrogens (primary N) is 2. The second kappa shape index (κ2) is 5.73. The van der Waals surface area contributed by atoms with Crippen LogP contribution in [0.5, 0.6) is 0 Å². The fourth-order valence-corrected chi connectivity index (χ4v) is 2.81. The quantitative estimate of drug-likeness (QED) is 0.642. The lowest BCUT2D eigenvalue weighted by molar-refractivity contribution is 0.00889. The first-order valence-corrected chi connectivity index (χ1v) is 7.25. The van der Waals surface area contributed by atoms with Crippen LogP contribution >= 0.6 is 0 Å². The molecule has 1 saturated carbocycles. The summed E-state index contributed by atoms with van der Waals surface area (Å²) < 4.78 is 5.61. The van der Waals surface area contributed by atoms with Crippen molar-refractivity contribution in [3.8, 4) is 0 Å². The molecule has 4 heteroatoms. The summed E-state index contributed by atoms with van der Waals surface area (Å²) in [5.74, 6) is 0.927. The number of anilines is 2. The first-order chi connectivity index (χ1) is 9.38. The van der Waals surface area contributed by atoms with Crippen LogP contribution in [0.25, 0.3) is 0 Å². The smallest absolute Gasteiger partial charge is 0.340 e. The number of carbonyl (C=O) groups is 1. The Balaban J connectivity index is 2.09. The second-order valence-electron chi connectivity index (χ2n) is 6.11. The van der Waals surface area contributed by atoms with Gasteiger partial charge >= 0.3 is 5.97 Å². The van der Waals surface area contributed by atoms with Crippen LogP contribution in [-0.4, -0.2) is 12.1 Å². The molecule has 0 spiro atoms. The third kappa shape index (κ3) is 3.06. The van der Waals surface area contributed by atoms with Crippen LogP contribution in [0.2, 0.25) is 0 Å². The lowest BCUT2D eigenvalue weighted by Gasteiger charge is -2.31. The first-order valence-electron chi connectivity index (χ1n) is 7.25. The molecule has 0 aliphatic heterocycles. The van der Waals surface area contributed by atoms with Gasteiger partial charge in [-0.05, 0) is 55.7 Å². The summed E-state index contributed by atoms with van der Waals surface area (Å²) in [4.78, 5) is 12.3. The van der Waals surface area contributed by atoms with E-state index in [1.807, 2.05) is 6.92 Å². The number of hydrogen-bond acceptors (Lipinski definition) is 4. The van der Waals surface area contributed by atoms with E-state index in [1.165, 1.54) is 0 Å². The Morgan fingerprint density at radius 1 is 1.20 bits per heavy atom. The minimum absolute atomic E-state index is 0.00478. The van der Waals surface area contributed by atoms with E-state index in [0.29, 0.717) is 28.8 Å². The van der Waals surface area contributed by atoms with Crippen molar-refractivity contribution in [3.05, 3.63) is 23.3 Å². The Labute approximate surface area is 120 Å². The largest absolute Gasteiger partial charge is 0.459 e. The Hall–Kier alpha value is -1.71. The van der Waals surface area contributed by atoms with Gasteiger partial charge in [0.2, 0.25) is 0 Å². The number of aryl methyl sites for hydroxylation is 1. The average molecular weight is 276 g/mol. The van der Waals surface area contributed by atoms with Gasteiger partial charge in [0.15, 0.2) is 0 Å². The predicted molar refractivity (Wildman–Crippen MR) is 81.4 cm³/mol. The maximum absolute atomic E-state index is 12.3. The molecule has 20 heavy (non-hydrogen) atoms. The van der Waals surface area contributed by atoms with Gasteiger partial charge in [-0.25, -0.2) is 4.79 Å². The number of rotatable bonds is 2. The fourth-order valence-electron chi connectivity index (χ4n) is 2.81. The zero-order valence-corrected chi connectivity index (χ0v) is 12.5. The summed E-state index contributed by atoms with van der Waals surface area (Å²) in [6, 6.07) is 3.50. The van der Waals surface area contributed by atoms with Gasteiger partial charge in [0.25, 0.3) is 0 Å². The Bertz CT molecular complexity index is 513. The molecule has 0 aromatic heterocycles. The molecule has 1 fully saturated rings. The highest BCUT2D eigenvalue weighted by atomic mass is 16.5. The minimum atomic E-state index is -0.357. The summed E-state index contributed by atoms with van der Waals surface area (Å²) in [5, 5.41) is 0. The van der Waals surface area contributed by atoms with Gasteiger partial charge in [-0.15, -0.1) is 0 Å². The Kier molecular flexibility index (Phi) is 4.21. The van der Waals surface area contributed by atoms with Crippen molar-refractivity contribution in [1.29, 1.82) is 0 Å². The number of hydrogen-bond donors (Lipinski definition) is 2. The van der Waals surface area contributed by atoms with Crippen LogP contribution in [0.3, 0.4) is 0 Å². The Morgan fingerprint density at radius 3 is 2.55 bits per heavy atom.